The molecule has 5 heteroatoms. The first-order valence-corrected chi connectivity index (χ1v) is 8.22. The summed E-state index contributed by atoms with van der Waals surface area (Å²) in [6.07, 6.45) is 2.66. The lowest BCUT2D eigenvalue weighted by molar-refractivity contribution is 0.0498. The number of alkyl carbamates (subject to hydrolysis) is 1. The lowest BCUT2D eigenvalue weighted by Gasteiger charge is -2.25. The predicted octanol–water partition coefficient (Wildman–Crippen LogP) is 3.67. The maximum atomic E-state index is 13.1. The zero-order chi connectivity index (χ0) is 17.0. The molecule has 0 aliphatic heterocycles. The fraction of sp³-hybridized carbons (Fsp3) is 0.611. The molecule has 0 heterocycles. The second-order valence-electron chi connectivity index (χ2n) is 7.24. The first kappa shape index (κ1) is 17.7. The molecule has 0 saturated heterocycles. The molecule has 2 atom stereocenters. The van der Waals surface area contributed by atoms with Gasteiger partial charge in [-0.05, 0) is 70.2 Å². The smallest absolute Gasteiger partial charge is 0.407 e. The minimum atomic E-state index is -0.489. The minimum Gasteiger partial charge on any atom is -0.444 e. The van der Waals surface area contributed by atoms with E-state index in [0.717, 1.165) is 30.4 Å². The van der Waals surface area contributed by atoms with Crippen molar-refractivity contribution in [2.75, 3.05) is 0 Å². The van der Waals surface area contributed by atoms with E-state index in [9.17, 15) is 9.18 Å². The van der Waals surface area contributed by atoms with E-state index >= 15 is 0 Å². The van der Waals surface area contributed by atoms with E-state index in [1.165, 1.54) is 6.07 Å². The van der Waals surface area contributed by atoms with Gasteiger partial charge in [0.15, 0.2) is 0 Å². The number of halogens is 1. The Bertz CT molecular complexity index is 554. The van der Waals surface area contributed by atoms with Crippen LogP contribution in [-0.2, 0) is 11.3 Å². The molecule has 0 aromatic heterocycles. The summed E-state index contributed by atoms with van der Waals surface area (Å²) in [4.78, 5) is 11.9. The van der Waals surface area contributed by atoms with Gasteiger partial charge in [0.05, 0.1) is 0 Å². The van der Waals surface area contributed by atoms with Crippen LogP contribution in [0.1, 0.15) is 51.2 Å². The SMILES string of the molecule is Cc1cc(F)ccc1CNC1CCCC1NC(=O)OC(C)(C)C. The van der Waals surface area contributed by atoms with Crippen molar-refractivity contribution >= 4 is 6.09 Å². The molecule has 1 amide bonds. The highest BCUT2D eigenvalue weighted by atomic mass is 19.1. The number of hydrogen-bond acceptors (Lipinski definition) is 3. The Balaban J connectivity index is 1.88. The summed E-state index contributed by atoms with van der Waals surface area (Å²) in [5.41, 5.74) is 1.53. The van der Waals surface area contributed by atoms with Crippen molar-refractivity contribution in [1.29, 1.82) is 0 Å². The summed E-state index contributed by atoms with van der Waals surface area (Å²) in [5, 5.41) is 6.45. The average Bonchev–Trinajstić information content (AvgIpc) is 2.82. The first-order chi connectivity index (χ1) is 10.7. The summed E-state index contributed by atoms with van der Waals surface area (Å²) >= 11 is 0. The molecule has 4 nitrogen and oxygen atoms in total. The van der Waals surface area contributed by atoms with E-state index in [-0.39, 0.29) is 24.0 Å². The molecule has 1 fully saturated rings. The zero-order valence-electron chi connectivity index (χ0n) is 14.4. The van der Waals surface area contributed by atoms with E-state index < -0.39 is 5.60 Å². The number of ether oxygens (including phenoxy) is 1. The number of aryl methyl sites for hydroxylation is 1. The maximum absolute atomic E-state index is 13.1. The molecule has 1 saturated carbocycles. The summed E-state index contributed by atoms with van der Waals surface area (Å²) in [5.74, 6) is -0.211. The van der Waals surface area contributed by atoms with Crippen LogP contribution in [0.3, 0.4) is 0 Å². The van der Waals surface area contributed by atoms with E-state index in [1.54, 1.807) is 6.07 Å². The normalized spacial score (nSPS) is 21.3. The number of amides is 1. The van der Waals surface area contributed by atoms with E-state index in [4.69, 9.17) is 4.74 Å². The van der Waals surface area contributed by atoms with Gasteiger partial charge in [-0.25, -0.2) is 9.18 Å². The van der Waals surface area contributed by atoms with Crippen molar-refractivity contribution in [1.82, 2.24) is 10.6 Å². The van der Waals surface area contributed by atoms with E-state index in [1.807, 2.05) is 33.8 Å². The van der Waals surface area contributed by atoms with Crippen molar-refractivity contribution < 1.29 is 13.9 Å². The average molecular weight is 322 g/mol. The van der Waals surface area contributed by atoms with Gasteiger partial charge in [-0.1, -0.05) is 6.07 Å². The summed E-state index contributed by atoms with van der Waals surface area (Å²) in [7, 11) is 0. The molecule has 1 aromatic carbocycles. The van der Waals surface area contributed by atoms with Crippen LogP contribution in [-0.4, -0.2) is 23.8 Å². The highest BCUT2D eigenvalue weighted by Gasteiger charge is 2.29. The van der Waals surface area contributed by atoms with Crippen LogP contribution >= 0.6 is 0 Å². The fourth-order valence-electron chi connectivity index (χ4n) is 2.93. The van der Waals surface area contributed by atoms with Gasteiger partial charge in [0, 0.05) is 18.6 Å². The second-order valence-corrected chi connectivity index (χ2v) is 7.24. The first-order valence-electron chi connectivity index (χ1n) is 8.22. The number of carbonyl (C=O) groups is 1. The molecule has 2 rings (SSSR count). The largest absolute Gasteiger partial charge is 0.444 e. The van der Waals surface area contributed by atoms with Crippen molar-refractivity contribution in [3.63, 3.8) is 0 Å². The summed E-state index contributed by atoms with van der Waals surface area (Å²) in [6.45, 7) is 8.14. The highest BCUT2D eigenvalue weighted by molar-refractivity contribution is 5.68. The standard InChI is InChI=1S/C18H27FN2O2/c1-12-10-14(19)9-8-13(12)11-20-15-6-5-7-16(15)21-17(22)23-18(2,3)4/h8-10,15-16,20H,5-7,11H2,1-4H3,(H,21,22). The zero-order valence-corrected chi connectivity index (χ0v) is 14.4. The van der Waals surface area contributed by atoms with Crippen molar-refractivity contribution in [2.45, 2.75) is 71.2 Å². The number of hydrogen-bond donors (Lipinski definition) is 2. The van der Waals surface area contributed by atoms with Crippen molar-refractivity contribution in [3.05, 3.63) is 35.1 Å². The number of benzene rings is 1. The molecule has 1 aliphatic rings. The Morgan fingerprint density at radius 3 is 2.65 bits per heavy atom. The maximum Gasteiger partial charge on any atom is 0.407 e. The van der Waals surface area contributed by atoms with Gasteiger partial charge < -0.3 is 15.4 Å². The Hall–Kier alpha value is -1.62. The molecular weight excluding hydrogens is 295 g/mol. The molecule has 1 aliphatic carbocycles. The molecule has 1 aromatic rings. The van der Waals surface area contributed by atoms with Gasteiger partial charge in [0.1, 0.15) is 11.4 Å². The lowest BCUT2D eigenvalue weighted by atomic mass is 10.1. The third-order valence-electron chi connectivity index (χ3n) is 4.08. The van der Waals surface area contributed by atoms with Crippen LogP contribution in [0.15, 0.2) is 18.2 Å². The third kappa shape index (κ3) is 5.50. The summed E-state index contributed by atoms with van der Waals surface area (Å²) < 4.78 is 18.5. The quantitative estimate of drug-likeness (QED) is 0.889. The highest BCUT2D eigenvalue weighted by Crippen LogP contribution is 2.21. The van der Waals surface area contributed by atoms with Gasteiger partial charge in [0.2, 0.25) is 0 Å². The number of rotatable bonds is 4. The Morgan fingerprint density at radius 2 is 2.00 bits per heavy atom. The lowest BCUT2D eigenvalue weighted by Crippen LogP contribution is -2.47. The number of carbonyl (C=O) groups excluding carboxylic acids is 1. The fourth-order valence-corrected chi connectivity index (χ4v) is 2.93. The summed E-state index contributed by atoms with van der Waals surface area (Å²) in [6, 6.07) is 5.12. The topological polar surface area (TPSA) is 50.4 Å². The molecule has 128 valence electrons. The van der Waals surface area contributed by atoms with Crippen molar-refractivity contribution in [3.8, 4) is 0 Å². The molecule has 0 bridgehead atoms. The minimum absolute atomic E-state index is 0.0746. The Kier molecular flexibility index (Phi) is 5.63. The van der Waals surface area contributed by atoms with Crippen LogP contribution in [0.5, 0.6) is 0 Å². The molecule has 0 radical (unpaired) electrons. The van der Waals surface area contributed by atoms with Gasteiger partial charge in [-0.3, -0.25) is 0 Å². The predicted molar refractivity (Wildman–Crippen MR) is 88.8 cm³/mol. The molecule has 2 unspecified atom stereocenters. The van der Waals surface area contributed by atoms with E-state index in [2.05, 4.69) is 10.6 Å². The third-order valence-corrected chi connectivity index (χ3v) is 4.08. The monoisotopic (exact) mass is 322 g/mol. The Morgan fingerprint density at radius 1 is 1.30 bits per heavy atom. The van der Waals surface area contributed by atoms with Crippen molar-refractivity contribution in [2.24, 2.45) is 0 Å². The van der Waals surface area contributed by atoms with Gasteiger partial charge >= 0.3 is 6.09 Å². The molecule has 0 spiro atoms. The van der Waals surface area contributed by atoms with Gasteiger partial charge in [-0.2, -0.15) is 0 Å². The number of nitrogens with one attached hydrogen (secondary N) is 2. The van der Waals surface area contributed by atoms with Gasteiger partial charge in [-0.15, -0.1) is 0 Å². The van der Waals surface area contributed by atoms with Crippen LogP contribution in [0.25, 0.3) is 0 Å². The molecule has 23 heavy (non-hydrogen) atoms. The molecular formula is C18H27FN2O2. The van der Waals surface area contributed by atoms with Crippen LogP contribution < -0.4 is 10.6 Å². The molecule has 2 N–H and O–H groups in total. The van der Waals surface area contributed by atoms with Crippen LogP contribution in [0.4, 0.5) is 9.18 Å². The Labute approximate surface area is 137 Å². The second kappa shape index (κ2) is 7.30. The van der Waals surface area contributed by atoms with Gasteiger partial charge in [0.25, 0.3) is 0 Å². The van der Waals surface area contributed by atoms with E-state index in [0.29, 0.717) is 6.54 Å². The van der Waals surface area contributed by atoms with Crippen LogP contribution in [0.2, 0.25) is 0 Å². The van der Waals surface area contributed by atoms with Crippen LogP contribution in [0, 0.1) is 12.7 Å².